The Labute approximate surface area is 173 Å². The predicted octanol–water partition coefficient (Wildman–Crippen LogP) is 3.87. The Morgan fingerprint density at radius 1 is 1.17 bits per heavy atom. The normalized spacial score (nSPS) is 19.5. The number of phenols is 1. The summed E-state index contributed by atoms with van der Waals surface area (Å²) < 4.78 is 5.64. The quantitative estimate of drug-likeness (QED) is 0.772. The van der Waals surface area contributed by atoms with Crippen LogP contribution in [0.4, 0.5) is 0 Å². The largest absolute Gasteiger partial charge is 0.508 e. The molecule has 1 aliphatic rings. The second kappa shape index (κ2) is 9.31. The zero-order valence-electron chi connectivity index (χ0n) is 17.8. The molecule has 0 aromatic heterocycles. The number of ether oxygens (including phenoxy) is 1. The molecule has 3 rings (SSSR count). The van der Waals surface area contributed by atoms with Crippen LogP contribution in [0.5, 0.6) is 11.5 Å². The number of para-hydroxylation sites is 2. The van der Waals surface area contributed by atoms with Gasteiger partial charge in [-0.2, -0.15) is 0 Å². The smallest absolute Gasteiger partial charge is 0.219 e. The lowest BCUT2D eigenvalue weighted by Crippen LogP contribution is -2.40. The summed E-state index contributed by atoms with van der Waals surface area (Å²) in [7, 11) is 1.71. The first-order valence-corrected chi connectivity index (χ1v) is 10.3. The van der Waals surface area contributed by atoms with E-state index in [2.05, 4.69) is 24.8 Å². The molecule has 156 valence electrons. The van der Waals surface area contributed by atoms with Crippen LogP contribution in [-0.2, 0) is 11.3 Å². The van der Waals surface area contributed by atoms with E-state index in [0.717, 1.165) is 24.4 Å². The second-order valence-electron chi connectivity index (χ2n) is 8.20. The molecule has 1 N–H and O–H groups in total. The van der Waals surface area contributed by atoms with Crippen molar-refractivity contribution in [3.63, 3.8) is 0 Å². The number of hydrogen-bond acceptors (Lipinski definition) is 4. The van der Waals surface area contributed by atoms with Crippen LogP contribution >= 0.6 is 0 Å². The third kappa shape index (κ3) is 4.91. The second-order valence-corrected chi connectivity index (χ2v) is 8.20. The van der Waals surface area contributed by atoms with Crippen molar-refractivity contribution >= 4 is 5.91 Å². The lowest BCUT2D eigenvalue weighted by atomic mass is 9.87. The maximum absolute atomic E-state index is 12.2. The molecule has 2 aromatic rings. The lowest BCUT2D eigenvalue weighted by Gasteiger charge is -2.31. The molecule has 1 heterocycles. The highest BCUT2D eigenvalue weighted by Crippen LogP contribution is 2.39. The van der Waals surface area contributed by atoms with Gasteiger partial charge in [-0.3, -0.25) is 9.69 Å². The van der Waals surface area contributed by atoms with E-state index < -0.39 is 0 Å². The van der Waals surface area contributed by atoms with E-state index in [1.165, 1.54) is 5.56 Å². The van der Waals surface area contributed by atoms with Gasteiger partial charge in [-0.05, 0) is 37.5 Å². The highest BCUT2D eigenvalue weighted by molar-refractivity contribution is 5.73. The predicted molar refractivity (Wildman–Crippen MR) is 115 cm³/mol. The maximum Gasteiger partial charge on any atom is 0.219 e. The van der Waals surface area contributed by atoms with Crippen molar-refractivity contribution in [2.45, 2.75) is 39.3 Å². The third-order valence-electron chi connectivity index (χ3n) is 5.90. The molecule has 0 bridgehead atoms. The van der Waals surface area contributed by atoms with Crippen LogP contribution in [0.2, 0.25) is 0 Å². The molecule has 1 amide bonds. The molecule has 1 saturated heterocycles. The minimum Gasteiger partial charge on any atom is -0.508 e. The number of benzene rings is 2. The summed E-state index contributed by atoms with van der Waals surface area (Å²) in [6.45, 7) is 8.91. The van der Waals surface area contributed by atoms with Gasteiger partial charge < -0.3 is 14.7 Å². The summed E-state index contributed by atoms with van der Waals surface area (Å²) in [5.74, 6) is 1.89. The Kier molecular flexibility index (Phi) is 6.80. The summed E-state index contributed by atoms with van der Waals surface area (Å²) in [6, 6.07) is 15.8. The zero-order valence-corrected chi connectivity index (χ0v) is 17.8. The fourth-order valence-electron chi connectivity index (χ4n) is 4.44. The molecule has 2 unspecified atom stereocenters. The molecule has 5 nitrogen and oxygen atoms in total. The van der Waals surface area contributed by atoms with Crippen LogP contribution in [0, 0.1) is 5.92 Å². The van der Waals surface area contributed by atoms with E-state index in [4.69, 9.17) is 4.74 Å². The van der Waals surface area contributed by atoms with Gasteiger partial charge in [0.15, 0.2) is 0 Å². The Bertz CT molecular complexity index is 836. The van der Waals surface area contributed by atoms with E-state index in [-0.39, 0.29) is 17.9 Å². The van der Waals surface area contributed by atoms with Crippen molar-refractivity contribution in [3.05, 3.63) is 59.7 Å². The van der Waals surface area contributed by atoms with Crippen molar-refractivity contribution in [3.8, 4) is 11.5 Å². The highest BCUT2D eigenvalue weighted by atomic mass is 16.5. The third-order valence-corrected chi connectivity index (χ3v) is 5.90. The standard InChI is InChI=1S/C24H32N2O3/c1-17(2)26(18(3)27)15-20-14-25(13-19-9-5-7-11-23(19)28)16-22(20)21-10-6-8-12-24(21)29-4/h5-12,17,20,22,28H,13-16H2,1-4H3. The first kappa shape index (κ1) is 21.2. The average Bonchev–Trinajstić information content (AvgIpc) is 3.09. The van der Waals surface area contributed by atoms with Crippen LogP contribution < -0.4 is 4.74 Å². The monoisotopic (exact) mass is 396 g/mol. The molecular weight excluding hydrogens is 364 g/mol. The lowest BCUT2D eigenvalue weighted by molar-refractivity contribution is -0.131. The zero-order chi connectivity index (χ0) is 21.0. The van der Waals surface area contributed by atoms with Gasteiger partial charge in [0.25, 0.3) is 0 Å². The minimum atomic E-state index is 0.109. The number of hydrogen-bond donors (Lipinski definition) is 1. The van der Waals surface area contributed by atoms with Crippen molar-refractivity contribution in [1.82, 2.24) is 9.80 Å². The summed E-state index contributed by atoms with van der Waals surface area (Å²) in [6.07, 6.45) is 0. The first-order chi connectivity index (χ1) is 13.9. The molecule has 1 aliphatic heterocycles. The SMILES string of the molecule is COc1ccccc1C1CN(Cc2ccccc2O)CC1CN(C(C)=O)C(C)C. The molecule has 1 fully saturated rings. The summed E-state index contributed by atoms with van der Waals surface area (Å²) in [4.78, 5) is 16.5. The maximum atomic E-state index is 12.2. The van der Waals surface area contributed by atoms with Crippen LogP contribution in [-0.4, -0.2) is 53.6 Å². The van der Waals surface area contributed by atoms with E-state index >= 15 is 0 Å². The minimum absolute atomic E-state index is 0.109. The fraction of sp³-hybridized carbons (Fsp3) is 0.458. The number of amides is 1. The number of likely N-dealkylation sites (tertiary alicyclic amines) is 1. The van der Waals surface area contributed by atoms with E-state index in [9.17, 15) is 9.90 Å². The van der Waals surface area contributed by atoms with Crippen LogP contribution in [0.3, 0.4) is 0 Å². The van der Waals surface area contributed by atoms with E-state index in [0.29, 0.717) is 24.8 Å². The Morgan fingerprint density at radius 3 is 2.52 bits per heavy atom. The summed E-state index contributed by atoms with van der Waals surface area (Å²) in [5.41, 5.74) is 2.12. The number of aromatic hydroxyl groups is 1. The Balaban J connectivity index is 1.87. The molecule has 0 spiro atoms. The van der Waals surface area contributed by atoms with Crippen LogP contribution in [0.25, 0.3) is 0 Å². The number of rotatable bonds is 7. The summed E-state index contributed by atoms with van der Waals surface area (Å²) in [5, 5.41) is 10.2. The van der Waals surface area contributed by atoms with E-state index in [1.807, 2.05) is 41.3 Å². The number of carbonyl (C=O) groups excluding carboxylic acids is 1. The molecule has 2 aromatic carbocycles. The van der Waals surface area contributed by atoms with Gasteiger partial charge in [-0.1, -0.05) is 36.4 Å². The fourth-order valence-corrected chi connectivity index (χ4v) is 4.44. The Hall–Kier alpha value is -2.53. The van der Waals surface area contributed by atoms with Crippen LogP contribution in [0.15, 0.2) is 48.5 Å². The van der Waals surface area contributed by atoms with Gasteiger partial charge in [0.05, 0.1) is 7.11 Å². The number of methoxy groups -OCH3 is 1. The topological polar surface area (TPSA) is 53.0 Å². The average molecular weight is 397 g/mol. The van der Waals surface area contributed by atoms with Gasteiger partial charge in [-0.25, -0.2) is 0 Å². The highest BCUT2D eigenvalue weighted by Gasteiger charge is 2.37. The molecule has 0 aliphatic carbocycles. The van der Waals surface area contributed by atoms with Gasteiger partial charge in [0.1, 0.15) is 11.5 Å². The summed E-state index contributed by atoms with van der Waals surface area (Å²) >= 11 is 0. The Morgan fingerprint density at radius 2 is 1.86 bits per heavy atom. The van der Waals surface area contributed by atoms with Gasteiger partial charge in [0, 0.05) is 50.6 Å². The van der Waals surface area contributed by atoms with E-state index in [1.54, 1.807) is 20.1 Å². The number of phenolic OH excluding ortho intramolecular Hbond substituents is 1. The molecule has 0 radical (unpaired) electrons. The number of carbonyl (C=O) groups is 1. The first-order valence-electron chi connectivity index (χ1n) is 10.3. The number of nitrogens with zero attached hydrogens (tertiary/aromatic N) is 2. The molecule has 2 atom stereocenters. The van der Waals surface area contributed by atoms with Crippen molar-refractivity contribution < 1.29 is 14.6 Å². The van der Waals surface area contributed by atoms with Gasteiger partial charge in [0.2, 0.25) is 5.91 Å². The molecular formula is C24H32N2O3. The molecule has 29 heavy (non-hydrogen) atoms. The van der Waals surface area contributed by atoms with Gasteiger partial charge in [-0.15, -0.1) is 0 Å². The van der Waals surface area contributed by atoms with Crippen molar-refractivity contribution in [2.24, 2.45) is 5.92 Å². The molecule has 0 saturated carbocycles. The van der Waals surface area contributed by atoms with Crippen molar-refractivity contribution in [1.29, 1.82) is 0 Å². The molecule has 5 heteroatoms. The van der Waals surface area contributed by atoms with Crippen LogP contribution in [0.1, 0.15) is 37.8 Å². The van der Waals surface area contributed by atoms with Gasteiger partial charge >= 0.3 is 0 Å². The van der Waals surface area contributed by atoms with Crippen molar-refractivity contribution in [2.75, 3.05) is 26.7 Å².